The summed E-state index contributed by atoms with van der Waals surface area (Å²) in [6, 6.07) is 11.3. The third-order valence-corrected chi connectivity index (χ3v) is 4.21. The minimum Gasteiger partial charge on any atom is -0.320 e. The van der Waals surface area contributed by atoms with Gasteiger partial charge in [0, 0.05) is 4.47 Å². The highest BCUT2D eigenvalue weighted by atomic mass is 79.9. The molecule has 2 aromatic rings. The molecule has 0 radical (unpaired) electrons. The number of hydrogen-bond acceptors (Lipinski definition) is 1. The zero-order valence-corrected chi connectivity index (χ0v) is 12.9. The lowest BCUT2D eigenvalue weighted by molar-refractivity contribution is 0.861. The van der Waals surface area contributed by atoms with Gasteiger partial charge in [0.05, 0.1) is 16.1 Å². The molecule has 0 aliphatic heterocycles. The van der Waals surface area contributed by atoms with Crippen LogP contribution in [0.5, 0.6) is 0 Å². The van der Waals surface area contributed by atoms with Crippen molar-refractivity contribution in [1.82, 2.24) is 0 Å². The van der Waals surface area contributed by atoms with Crippen LogP contribution in [0.15, 0.2) is 40.9 Å². The first-order chi connectivity index (χ1) is 8.50. The van der Waals surface area contributed by atoms with Crippen molar-refractivity contribution < 1.29 is 0 Å². The molecule has 2 N–H and O–H groups in total. The minimum absolute atomic E-state index is 0.274. The minimum atomic E-state index is -0.274. The Bertz CT molecular complexity index is 584. The van der Waals surface area contributed by atoms with Gasteiger partial charge < -0.3 is 5.73 Å². The summed E-state index contributed by atoms with van der Waals surface area (Å²) in [4.78, 5) is 0. The van der Waals surface area contributed by atoms with Crippen molar-refractivity contribution in [2.75, 3.05) is 0 Å². The van der Waals surface area contributed by atoms with E-state index in [9.17, 15) is 0 Å². The van der Waals surface area contributed by atoms with Crippen LogP contribution >= 0.6 is 39.1 Å². The highest BCUT2D eigenvalue weighted by molar-refractivity contribution is 9.10. The third kappa shape index (κ3) is 2.72. The van der Waals surface area contributed by atoms with Gasteiger partial charge >= 0.3 is 0 Å². The Kier molecular flexibility index (Phi) is 4.33. The molecule has 2 aromatic carbocycles. The molecule has 1 unspecified atom stereocenters. The average Bonchev–Trinajstić information content (AvgIpc) is 2.32. The molecule has 0 aliphatic carbocycles. The SMILES string of the molecule is Cc1cc(Br)ccc1C(N)c1cccc(Cl)c1Cl. The van der Waals surface area contributed by atoms with Crippen molar-refractivity contribution in [1.29, 1.82) is 0 Å². The van der Waals surface area contributed by atoms with Crippen LogP contribution in [-0.4, -0.2) is 0 Å². The lowest BCUT2D eigenvalue weighted by Gasteiger charge is -2.17. The molecule has 0 aromatic heterocycles. The summed E-state index contributed by atoms with van der Waals surface area (Å²) in [7, 11) is 0. The van der Waals surface area contributed by atoms with Crippen molar-refractivity contribution in [3.63, 3.8) is 0 Å². The van der Waals surface area contributed by atoms with E-state index in [0.29, 0.717) is 10.0 Å². The molecule has 1 atom stereocenters. The first kappa shape index (κ1) is 13.9. The van der Waals surface area contributed by atoms with E-state index in [0.717, 1.165) is 21.2 Å². The summed E-state index contributed by atoms with van der Waals surface area (Å²) in [5.74, 6) is 0. The lowest BCUT2D eigenvalue weighted by Crippen LogP contribution is -2.13. The second-order valence-corrected chi connectivity index (χ2v) is 5.82. The Labute approximate surface area is 125 Å². The van der Waals surface area contributed by atoms with E-state index in [2.05, 4.69) is 15.9 Å². The molecule has 4 heteroatoms. The van der Waals surface area contributed by atoms with Crippen LogP contribution in [0.2, 0.25) is 10.0 Å². The van der Waals surface area contributed by atoms with Gasteiger partial charge in [0.1, 0.15) is 0 Å². The first-order valence-electron chi connectivity index (χ1n) is 5.46. The zero-order valence-electron chi connectivity index (χ0n) is 9.75. The van der Waals surface area contributed by atoms with Crippen molar-refractivity contribution in [3.8, 4) is 0 Å². The Balaban J connectivity index is 2.48. The Morgan fingerprint density at radius 2 is 1.83 bits per heavy atom. The predicted molar refractivity (Wildman–Crippen MR) is 81.4 cm³/mol. The van der Waals surface area contributed by atoms with Crippen molar-refractivity contribution >= 4 is 39.1 Å². The Hall–Kier alpha value is -0.540. The van der Waals surface area contributed by atoms with Gasteiger partial charge in [-0.1, -0.05) is 57.3 Å². The number of hydrogen-bond donors (Lipinski definition) is 1. The van der Waals surface area contributed by atoms with Gasteiger partial charge in [-0.15, -0.1) is 0 Å². The molecule has 0 saturated heterocycles. The van der Waals surface area contributed by atoms with E-state index in [1.807, 2.05) is 37.3 Å². The largest absolute Gasteiger partial charge is 0.320 e. The highest BCUT2D eigenvalue weighted by Gasteiger charge is 2.16. The van der Waals surface area contributed by atoms with Gasteiger partial charge in [-0.3, -0.25) is 0 Å². The maximum atomic E-state index is 6.28. The average molecular weight is 345 g/mol. The zero-order chi connectivity index (χ0) is 13.3. The molecule has 0 bridgehead atoms. The van der Waals surface area contributed by atoms with E-state index in [1.54, 1.807) is 6.07 Å². The van der Waals surface area contributed by atoms with Crippen molar-refractivity contribution in [2.24, 2.45) is 5.73 Å². The maximum Gasteiger partial charge on any atom is 0.0643 e. The summed E-state index contributed by atoms with van der Waals surface area (Å²) in [5.41, 5.74) is 9.28. The van der Waals surface area contributed by atoms with Crippen LogP contribution in [0, 0.1) is 6.92 Å². The fourth-order valence-electron chi connectivity index (χ4n) is 1.92. The fourth-order valence-corrected chi connectivity index (χ4v) is 2.82. The Morgan fingerprint density at radius 1 is 1.11 bits per heavy atom. The topological polar surface area (TPSA) is 26.0 Å². The third-order valence-electron chi connectivity index (χ3n) is 2.88. The summed E-state index contributed by atoms with van der Waals surface area (Å²) in [5, 5.41) is 1.05. The molecule has 1 nitrogen and oxygen atoms in total. The first-order valence-corrected chi connectivity index (χ1v) is 7.01. The fraction of sp³-hybridized carbons (Fsp3) is 0.143. The van der Waals surface area contributed by atoms with Gasteiger partial charge in [0.15, 0.2) is 0 Å². The molecule has 18 heavy (non-hydrogen) atoms. The lowest BCUT2D eigenvalue weighted by atomic mass is 9.96. The number of halogens is 3. The molecular formula is C14H12BrCl2N. The van der Waals surface area contributed by atoms with Gasteiger partial charge in [0.25, 0.3) is 0 Å². The van der Waals surface area contributed by atoms with Crippen molar-refractivity contribution in [3.05, 3.63) is 67.6 Å². The van der Waals surface area contributed by atoms with E-state index in [-0.39, 0.29) is 6.04 Å². The van der Waals surface area contributed by atoms with Crippen LogP contribution < -0.4 is 5.73 Å². The van der Waals surface area contributed by atoms with E-state index in [4.69, 9.17) is 28.9 Å². The predicted octanol–water partition coefficient (Wildman–Crippen LogP) is 5.11. The smallest absolute Gasteiger partial charge is 0.0643 e. The molecular weight excluding hydrogens is 333 g/mol. The monoisotopic (exact) mass is 343 g/mol. The summed E-state index contributed by atoms with van der Waals surface area (Å²) in [6.07, 6.45) is 0. The summed E-state index contributed by atoms with van der Waals surface area (Å²) >= 11 is 15.7. The van der Waals surface area contributed by atoms with Gasteiger partial charge in [0.2, 0.25) is 0 Å². The quantitative estimate of drug-likeness (QED) is 0.804. The van der Waals surface area contributed by atoms with Gasteiger partial charge in [-0.2, -0.15) is 0 Å². The molecule has 2 rings (SSSR count). The number of benzene rings is 2. The number of rotatable bonds is 2. The Morgan fingerprint density at radius 3 is 2.50 bits per heavy atom. The van der Waals surface area contributed by atoms with Crippen LogP contribution in [0.25, 0.3) is 0 Å². The van der Waals surface area contributed by atoms with Gasteiger partial charge in [-0.05, 0) is 41.8 Å². The van der Waals surface area contributed by atoms with E-state index in [1.165, 1.54) is 0 Å². The number of nitrogens with two attached hydrogens (primary N) is 1. The molecule has 0 spiro atoms. The van der Waals surface area contributed by atoms with E-state index < -0.39 is 0 Å². The van der Waals surface area contributed by atoms with Crippen molar-refractivity contribution in [2.45, 2.75) is 13.0 Å². The molecule has 0 saturated carbocycles. The second-order valence-electron chi connectivity index (χ2n) is 4.12. The van der Waals surface area contributed by atoms with Crippen LogP contribution in [-0.2, 0) is 0 Å². The second kappa shape index (κ2) is 5.62. The van der Waals surface area contributed by atoms with Gasteiger partial charge in [-0.25, -0.2) is 0 Å². The molecule has 0 amide bonds. The maximum absolute atomic E-state index is 6.28. The summed E-state index contributed by atoms with van der Waals surface area (Å²) < 4.78 is 1.04. The number of aryl methyl sites for hydroxylation is 1. The molecule has 0 aliphatic rings. The standard InChI is InChI=1S/C14H12BrCl2N/c1-8-7-9(15)5-6-10(8)14(18)11-3-2-4-12(16)13(11)17/h2-7,14H,18H2,1H3. The normalized spacial score (nSPS) is 12.5. The van der Waals surface area contributed by atoms with Crippen LogP contribution in [0.4, 0.5) is 0 Å². The molecule has 0 heterocycles. The summed E-state index contributed by atoms with van der Waals surface area (Å²) in [6.45, 7) is 2.03. The molecule has 94 valence electrons. The highest BCUT2D eigenvalue weighted by Crippen LogP contribution is 2.33. The van der Waals surface area contributed by atoms with Crippen LogP contribution in [0.3, 0.4) is 0 Å². The molecule has 0 fully saturated rings. The van der Waals surface area contributed by atoms with E-state index >= 15 is 0 Å². The van der Waals surface area contributed by atoms with Crippen LogP contribution in [0.1, 0.15) is 22.7 Å².